The Balaban J connectivity index is 2.39. The number of amides is 1. The van der Waals surface area contributed by atoms with Crippen LogP contribution < -0.4 is 10.7 Å². The number of nitrogens with zero attached hydrogens (tertiary/aromatic N) is 2. The largest absolute Gasteiger partial charge is 0.280 e. The Morgan fingerprint density at radius 3 is 2.56 bits per heavy atom. The minimum Gasteiger partial charge on any atom is -0.267 e. The maximum atomic E-state index is 11.8. The van der Waals surface area contributed by atoms with Gasteiger partial charge in [-0.25, -0.2) is 4.98 Å². The van der Waals surface area contributed by atoms with Crippen LogP contribution in [0.15, 0.2) is 53.7 Å². The van der Waals surface area contributed by atoms with Crippen molar-refractivity contribution in [2.75, 3.05) is 0 Å². The third-order valence-corrected chi connectivity index (χ3v) is 2.54. The first-order valence-electron chi connectivity index (χ1n) is 5.00. The molecule has 0 bridgehead atoms. The fraction of sp³-hybridized carbons (Fsp3) is 0. The zero-order valence-corrected chi connectivity index (χ0v) is 8.42. The SMILES string of the molecule is O=C1N=c2ncccc2=C1c1ccccc1. The number of rotatable bonds is 1. The topological polar surface area (TPSA) is 42.3 Å². The van der Waals surface area contributed by atoms with Gasteiger partial charge in [-0.15, -0.1) is 0 Å². The Bertz CT molecular complexity index is 675. The van der Waals surface area contributed by atoms with Crippen LogP contribution in [0, 0.1) is 0 Å². The number of pyridine rings is 1. The van der Waals surface area contributed by atoms with Crippen LogP contribution in [0.25, 0.3) is 5.57 Å². The Hall–Kier alpha value is -2.29. The van der Waals surface area contributed by atoms with Crippen LogP contribution >= 0.6 is 0 Å². The highest BCUT2D eigenvalue weighted by Crippen LogP contribution is 2.13. The third-order valence-electron chi connectivity index (χ3n) is 2.54. The third kappa shape index (κ3) is 1.26. The highest BCUT2D eigenvalue weighted by Gasteiger charge is 2.17. The van der Waals surface area contributed by atoms with Crippen molar-refractivity contribution in [2.45, 2.75) is 0 Å². The van der Waals surface area contributed by atoms with Gasteiger partial charge in [0.15, 0.2) is 5.49 Å². The molecule has 2 aromatic rings. The first-order valence-corrected chi connectivity index (χ1v) is 5.00. The van der Waals surface area contributed by atoms with Gasteiger partial charge in [-0.3, -0.25) is 4.79 Å². The number of aromatic nitrogens is 1. The van der Waals surface area contributed by atoms with Crippen LogP contribution in [0.5, 0.6) is 0 Å². The van der Waals surface area contributed by atoms with Gasteiger partial charge in [-0.1, -0.05) is 30.3 Å². The summed E-state index contributed by atoms with van der Waals surface area (Å²) in [5, 5.41) is 0.818. The molecule has 1 aliphatic rings. The first kappa shape index (κ1) is 8.97. The molecule has 76 valence electrons. The van der Waals surface area contributed by atoms with Crippen LogP contribution in [-0.4, -0.2) is 10.9 Å². The summed E-state index contributed by atoms with van der Waals surface area (Å²) in [4.78, 5) is 19.8. The first-order chi connectivity index (χ1) is 7.86. The predicted molar refractivity (Wildman–Crippen MR) is 59.0 cm³/mol. The normalized spacial score (nSPS) is 13.5. The van der Waals surface area contributed by atoms with Crippen LogP contribution in [0.3, 0.4) is 0 Å². The highest BCUT2D eigenvalue weighted by atomic mass is 16.1. The lowest BCUT2D eigenvalue weighted by Gasteiger charge is -1.98. The lowest BCUT2D eigenvalue weighted by atomic mass is 10.0. The highest BCUT2D eigenvalue weighted by molar-refractivity contribution is 6.20. The van der Waals surface area contributed by atoms with Gasteiger partial charge in [0, 0.05) is 11.4 Å². The van der Waals surface area contributed by atoms with E-state index in [0.717, 1.165) is 10.8 Å². The maximum Gasteiger partial charge on any atom is 0.280 e. The molecule has 0 fully saturated rings. The van der Waals surface area contributed by atoms with Gasteiger partial charge < -0.3 is 0 Å². The van der Waals surface area contributed by atoms with Crippen molar-refractivity contribution in [1.29, 1.82) is 0 Å². The van der Waals surface area contributed by atoms with E-state index >= 15 is 0 Å². The second-order valence-electron chi connectivity index (χ2n) is 3.53. The maximum absolute atomic E-state index is 11.8. The summed E-state index contributed by atoms with van der Waals surface area (Å²) < 4.78 is 0. The number of carbonyl (C=O) groups excluding carboxylic acids is 1. The van der Waals surface area contributed by atoms with Crippen LogP contribution in [0.1, 0.15) is 5.56 Å². The van der Waals surface area contributed by atoms with Crippen molar-refractivity contribution in [3.8, 4) is 0 Å². The van der Waals surface area contributed by atoms with Crippen molar-refractivity contribution in [3.63, 3.8) is 0 Å². The number of carbonyl (C=O) groups is 1. The predicted octanol–water partition coefficient (Wildman–Crippen LogP) is 0.440. The zero-order chi connectivity index (χ0) is 11.0. The molecule has 1 aliphatic heterocycles. The van der Waals surface area contributed by atoms with Crippen molar-refractivity contribution < 1.29 is 4.79 Å². The molecule has 3 heteroatoms. The van der Waals surface area contributed by atoms with E-state index in [4.69, 9.17) is 0 Å². The summed E-state index contributed by atoms with van der Waals surface area (Å²) >= 11 is 0. The van der Waals surface area contributed by atoms with Gasteiger partial charge in [-0.2, -0.15) is 4.99 Å². The molecule has 1 amide bonds. The van der Waals surface area contributed by atoms with Crippen molar-refractivity contribution in [1.82, 2.24) is 4.98 Å². The van der Waals surface area contributed by atoms with E-state index in [1.807, 2.05) is 42.5 Å². The molecule has 0 spiro atoms. The molecule has 0 radical (unpaired) electrons. The lowest BCUT2D eigenvalue weighted by molar-refractivity contribution is -0.112. The summed E-state index contributed by atoms with van der Waals surface area (Å²) in [7, 11) is 0. The average molecular weight is 208 g/mol. The monoisotopic (exact) mass is 208 g/mol. The molecule has 3 nitrogen and oxygen atoms in total. The van der Waals surface area contributed by atoms with Crippen molar-refractivity contribution in [2.24, 2.45) is 4.99 Å². The molecule has 1 aromatic carbocycles. The van der Waals surface area contributed by atoms with E-state index in [-0.39, 0.29) is 5.91 Å². The second-order valence-corrected chi connectivity index (χ2v) is 3.53. The molecule has 0 saturated carbocycles. The smallest absolute Gasteiger partial charge is 0.267 e. The zero-order valence-electron chi connectivity index (χ0n) is 8.42. The van der Waals surface area contributed by atoms with E-state index in [1.165, 1.54) is 0 Å². The summed E-state index contributed by atoms with van der Waals surface area (Å²) in [6.07, 6.45) is 1.64. The van der Waals surface area contributed by atoms with Gasteiger partial charge in [0.05, 0.1) is 5.57 Å². The van der Waals surface area contributed by atoms with Crippen molar-refractivity contribution >= 4 is 11.5 Å². The minimum absolute atomic E-state index is 0.208. The average Bonchev–Trinajstić information content (AvgIpc) is 2.66. The van der Waals surface area contributed by atoms with Crippen molar-refractivity contribution in [3.05, 3.63) is 64.9 Å². The molecule has 0 N–H and O–H groups in total. The van der Waals surface area contributed by atoms with Crippen LogP contribution in [-0.2, 0) is 4.79 Å². The summed E-state index contributed by atoms with van der Waals surface area (Å²) in [6, 6.07) is 13.2. The van der Waals surface area contributed by atoms with Crippen LogP contribution in [0.2, 0.25) is 0 Å². The second kappa shape index (κ2) is 3.38. The molecule has 0 atom stereocenters. The molecule has 0 aliphatic carbocycles. The number of hydrogen-bond acceptors (Lipinski definition) is 2. The van der Waals surface area contributed by atoms with Gasteiger partial charge in [-0.05, 0) is 17.7 Å². The fourth-order valence-electron chi connectivity index (χ4n) is 1.83. The Labute approximate surface area is 91.8 Å². The van der Waals surface area contributed by atoms with E-state index in [2.05, 4.69) is 9.98 Å². The summed E-state index contributed by atoms with van der Waals surface area (Å²) in [6.45, 7) is 0. The van der Waals surface area contributed by atoms with E-state index in [9.17, 15) is 4.79 Å². The Morgan fingerprint density at radius 2 is 1.75 bits per heavy atom. The van der Waals surface area contributed by atoms with Crippen LogP contribution in [0.4, 0.5) is 0 Å². The van der Waals surface area contributed by atoms with E-state index in [1.54, 1.807) is 6.20 Å². The van der Waals surface area contributed by atoms with Gasteiger partial charge >= 0.3 is 0 Å². The van der Waals surface area contributed by atoms with E-state index in [0.29, 0.717) is 11.1 Å². The molecule has 1 aromatic heterocycles. The minimum atomic E-state index is -0.208. The van der Waals surface area contributed by atoms with Gasteiger partial charge in [0.1, 0.15) is 0 Å². The van der Waals surface area contributed by atoms with Gasteiger partial charge in [0.25, 0.3) is 5.91 Å². The molecular formula is C13H8N2O. The Kier molecular flexibility index (Phi) is 1.90. The summed E-state index contributed by atoms with van der Waals surface area (Å²) in [5.41, 5.74) is 2.05. The summed E-state index contributed by atoms with van der Waals surface area (Å²) in [5.74, 6) is -0.208. The molecule has 0 unspecified atom stereocenters. The number of hydrogen-bond donors (Lipinski definition) is 0. The molecule has 0 saturated heterocycles. The van der Waals surface area contributed by atoms with Gasteiger partial charge in [0.2, 0.25) is 0 Å². The quantitative estimate of drug-likeness (QED) is 0.682. The number of benzene rings is 1. The van der Waals surface area contributed by atoms with E-state index < -0.39 is 0 Å². The Morgan fingerprint density at radius 1 is 0.938 bits per heavy atom. The lowest BCUT2D eigenvalue weighted by Crippen LogP contribution is -2.25. The molecule has 2 heterocycles. The number of fused-ring (bicyclic) bond motifs is 1. The fourth-order valence-corrected chi connectivity index (χ4v) is 1.83. The molecular weight excluding hydrogens is 200 g/mol. The molecule has 16 heavy (non-hydrogen) atoms. The standard InChI is InChI=1S/C13H8N2O/c16-13-11(9-5-2-1-3-6-9)10-7-4-8-14-12(10)15-13/h1-8H. The molecule has 3 rings (SSSR count).